The number of carbonyl (C=O) groups is 1. The van der Waals surface area contributed by atoms with Crippen molar-refractivity contribution in [2.75, 3.05) is 13.2 Å². The summed E-state index contributed by atoms with van der Waals surface area (Å²) in [7, 11) is 0. The minimum absolute atomic E-state index is 0.314. The first-order valence-corrected chi connectivity index (χ1v) is 5.93. The molecule has 0 saturated carbocycles. The van der Waals surface area contributed by atoms with Crippen molar-refractivity contribution in [3.63, 3.8) is 0 Å². The Hall–Kier alpha value is -1.46. The van der Waals surface area contributed by atoms with E-state index in [0.717, 1.165) is 5.56 Å². The lowest BCUT2D eigenvalue weighted by atomic mass is 9.90. The minimum Gasteiger partial charge on any atom is -0.480 e. The summed E-state index contributed by atoms with van der Waals surface area (Å²) >= 11 is 0. The molecular formula is C13H16FNO3. The quantitative estimate of drug-likeness (QED) is 0.854. The summed E-state index contributed by atoms with van der Waals surface area (Å²) in [6, 6.07) is 6.15. The number of hydrogen-bond acceptors (Lipinski definition) is 3. The standard InChI is InChI=1S/C13H16FNO3/c14-11-3-1-2-10(8-11)9-15-13(12(16)17)4-6-18-7-5-13/h1-3,8,15H,4-7,9H2,(H,16,17). The Morgan fingerprint density at radius 3 is 2.78 bits per heavy atom. The second kappa shape index (κ2) is 5.46. The van der Waals surface area contributed by atoms with Crippen LogP contribution in [0.25, 0.3) is 0 Å². The third kappa shape index (κ3) is 2.86. The van der Waals surface area contributed by atoms with Crippen molar-refractivity contribution < 1.29 is 19.0 Å². The van der Waals surface area contributed by atoms with E-state index in [2.05, 4.69) is 5.32 Å². The zero-order chi connectivity index (χ0) is 13.0. The van der Waals surface area contributed by atoms with Crippen LogP contribution in [0, 0.1) is 5.82 Å². The van der Waals surface area contributed by atoms with Crippen molar-refractivity contribution in [2.24, 2.45) is 0 Å². The Morgan fingerprint density at radius 1 is 1.44 bits per heavy atom. The number of carboxylic acid groups (broad SMARTS) is 1. The maximum atomic E-state index is 13.0. The lowest BCUT2D eigenvalue weighted by Crippen LogP contribution is -2.55. The van der Waals surface area contributed by atoms with E-state index in [0.29, 0.717) is 32.6 Å². The summed E-state index contributed by atoms with van der Waals surface area (Å²) < 4.78 is 18.2. The number of halogens is 1. The summed E-state index contributed by atoms with van der Waals surface area (Å²) in [6.07, 6.45) is 0.856. The lowest BCUT2D eigenvalue weighted by molar-refractivity contribution is -0.149. The minimum atomic E-state index is -0.954. The van der Waals surface area contributed by atoms with Crippen LogP contribution in [0.4, 0.5) is 4.39 Å². The van der Waals surface area contributed by atoms with Gasteiger partial charge in [-0.2, -0.15) is 0 Å². The van der Waals surface area contributed by atoms with Crippen molar-refractivity contribution in [2.45, 2.75) is 24.9 Å². The van der Waals surface area contributed by atoms with Gasteiger partial charge >= 0.3 is 5.97 Å². The number of nitrogens with one attached hydrogen (secondary N) is 1. The van der Waals surface area contributed by atoms with Crippen molar-refractivity contribution in [1.29, 1.82) is 0 Å². The van der Waals surface area contributed by atoms with Gasteiger partial charge in [-0.3, -0.25) is 10.1 Å². The van der Waals surface area contributed by atoms with Crippen LogP contribution >= 0.6 is 0 Å². The molecule has 2 N–H and O–H groups in total. The number of hydrogen-bond donors (Lipinski definition) is 2. The van der Waals surface area contributed by atoms with E-state index >= 15 is 0 Å². The van der Waals surface area contributed by atoms with Crippen molar-refractivity contribution in [3.8, 4) is 0 Å². The van der Waals surface area contributed by atoms with E-state index in [9.17, 15) is 14.3 Å². The molecule has 1 aromatic carbocycles. The lowest BCUT2D eigenvalue weighted by Gasteiger charge is -2.34. The first kappa shape index (κ1) is 13.0. The van der Waals surface area contributed by atoms with Gasteiger partial charge in [0.15, 0.2) is 0 Å². The van der Waals surface area contributed by atoms with E-state index in [1.54, 1.807) is 12.1 Å². The maximum Gasteiger partial charge on any atom is 0.324 e. The summed E-state index contributed by atoms with van der Waals surface area (Å²) in [4.78, 5) is 11.4. The number of carboxylic acids is 1. The van der Waals surface area contributed by atoms with Crippen molar-refractivity contribution in [3.05, 3.63) is 35.6 Å². The van der Waals surface area contributed by atoms with Gasteiger partial charge in [0.2, 0.25) is 0 Å². The molecule has 0 amide bonds. The van der Waals surface area contributed by atoms with Gasteiger partial charge in [0, 0.05) is 19.8 Å². The zero-order valence-electron chi connectivity index (χ0n) is 9.99. The molecule has 0 atom stereocenters. The smallest absolute Gasteiger partial charge is 0.324 e. The van der Waals surface area contributed by atoms with E-state index in [4.69, 9.17) is 4.74 Å². The Labute approximate surface area is 105 Å². The molecular weight excluding hydrogens is 237 g/mol. The predicted molar refractivity (Wildman–Crippen MR) is 63.7 cm³/mol. The largest absolute Gasteiger partial charge is 0.480 e. The molecule has 0 bridgehead atoms. The Balaban J connectivity index is 2.04. The Bertz CT molecular complexity index is 430. The van der Waals surface area contributed by atoms with Gasteiger partial charge in [-0.25, -0.2) is 4.39 Å². The van der Waals surface area contributed by atoms with Crippen molar-refractivity contribution in [1.82, 2.24) is 5.32 Å². The first-order chi connectivity index (χ1) is 8.62. The third-order valence-corrected chi connectivity index (χ3v) is 3.28. The summed E-state index contributed by atoms with van der Waals surface area (Å²) in [5.41, 5.74) is -0.216. The molecule has 1 fully saturated rings. The summed E-state index contributed by atoms with van der Waals surface area (Å²) in [5.74, 6) is -1.19. The molecule has 0 radical (unpaired) electrons. The van der Waals surface area contributed by atoms with Crippen LogP contribution < -0.4 is 5.32 Å². The fourth-order valence-electron chi connectivity index (χ4n) is 2.10. The van der Waals surface area contributed by atoms with Gasteiger partial charge in [-0.05, 0) is 30.5 Å². The molecule has 1 aromatic rings. The van der Waals surface area contributed by atoms with Crippen LogP contribution in [0.5, 0.6) is 0 Å². The SMILES string of the molecule is O=C(O)C1(NCc2cccc(F)c2)CCOCC1. The molecule has 0 aromatic heterocycles. The number of aliphatic carboxylic acids is 1. The second-order valence-corrected chi connectivity index (χ2v) is 4.48. The van der Waals surface area contributed by atoms with Crippen LogP contribution in [0.3, 0.4) is 0 Å². The molecule has 0 aliphatic carbocycles. The molecule has 0 spiro atoms. The second-order valence-electron chi connectivity index (χ2n) is 4.48. The van der Waals surface area contributed by atoms with Crippen LogP contribution in [-0.2, 0) is 16.1 Å². The Kier molecular flexibility index (Phi) is 3.93. The molecule has 1 saturated heterocycles. The van der Waals surface area contributed by atoms with Crippen LogP contribution in [0.2, 0.25) is 0 Å². The molecule has 1 aliphatic heterocycles. The fourth-order valence-corrected chi connectivity index (χ4v) is 2.10. The molecule has 1 aliphatic rings. The van der Waals surface area contributed by atoms with E-state index < -0.39 is 11.5 Å². The molecule has 1 heterocycles. The highest BCUT2D eigenvalue weighted by molar-refractivity contribution is 5.78. The number of rotatable bonds is 4. The van der Waals surface area contributed by atoms with Gasteiger partial charge in [0.05, 0.1) is 0 Å². The van der Waals surface area contributed by atoms with Gasteiger partial charge in [-0.15, -0.1) is 0 Å². The highest BCUT2D eigenvalue weighted by Gasteiger charge is 2.39. The normalized spacial score (nSPS) is 18.5. The highest BCUT2D eigenvalue weighted by atomic mass is 19.1. The van der Waals surface area contributed by atoms with Gasteiger partial charge in [0.1, 0.15) is 11.4 Å². The van der Waals surface area contributed by atoms with E-state index in [-0.39, 0.29) is 5.82 Å². The fraction of sp³-hybridized carbons (Fsp3) is 0.462. The molecule has 5 heteroatoms. The van der Waals surface area contributed by atoms with Crippen LogP contribution in [0.15, 0.2) is 24.3 Å². The zero-order valence-corrected chi connectivity index (χ0v) is 9.99. The molecule has 4 nitrogen and oxygen atoms in total. The van der Waals surface area contributed by atoms with E-state index in [1.807, 2.05) is 0 Å². The third-order valence-electron chi connectivity index (χ3n) is 3.28. The number of benzene rings is 1. The first-order valence-electron chi connectivity index (χ1n) is 5.93. The van der Waals surface area contributed by atoms with Gasteiger partial charge < -0.3 is 9.84 Å². The summed E-state index contributed by atoms with van der Waals surface area (Å²) in [5, 5.41) is 12.4. The van der Waals surface area contributed by atoms with Crippen LogP contribution in [-0.4, -0.2) is 29.8 Å². The molecule has 0 unspecified atom stereocenters. The molecule has 18 heavy (non-hydrogen) atoms. The van der Waals surface area contributed by atoms with Gasteiger partial charge in [-0.1, -0.05) is 12.1 Å². The predicted octanol–water partition coefficient (Wildman–Crippen LogP) is 1.55. The topological polar surface area (TPSA) is 58.6 Å². The monoisotopic (exact) mass is 253 g/mol. The van der Waals surface area contributed by atoms with E-state index in [1.165, 1.54) is 12.1 Å². The molecule has 2 rings (SSSR count). The number of ether oxygens (including phenoxy) is 1. The highest BCUT2D eigenvalue weighted by Crippen LogP contribution is 2.21. The van der Waals surface area contributed by atoms with Gasteiger partial charge in [0.25, 0.3) is 0 Å². The molecule has 98 valence electrons. The average molecular weight is 253 g/mol. The summed E-state index contributed by atoms with van der Waals surface area (Å²) in [6.45, 7) is 1.20. The average Bonchev–Trinajstić information content (AvgIpc) is 2.37. The Morgan fingerprint density at radius 2 is 2.17 bits per heavy atom. The van der Waals surface area contributed by atoms with Crippen molar-refractivity contribution >= 4 is 5.97 Å². The van der Waals surface area contributed by atoms with Crippen LogP contribution in [0.1, 0.15) is 18.4 Å². The maximum absolute atomic E-state index is 13.0.